The smallest absolute Gasteiger partial charge is 0.339 e. The molecule has 0 aliphatic heterocycles. The summed E-state index contributed by atoms with van der Waals surface area (Å²) in [6, 6.07) is 1.44. The summed E-state index contributed by atoms with van der Waals surface area (Å²) in [5.41, 5.74) is 0.168. The van der Waals surface area contributed by atoms with E-state index in [9.17, 15) is 4.79 Å². The zero-order chi connectivity index (χ0) is 11.1. The summed E-state index contributed by atoms with van der Waals surface area (Å²) in [6.45, 7) is 2.65. The van der Waals surface area contributed by atoms with Crippen molar-refractivity contribution >= 4 is 5.97 Å². The van der Waals surface area contributed by atoms with Gasteiger partial charge in [-0.2, -0.15) is 0 Å². The van der Waals surface area contributed by atoms with E-state index >= 15 is 0 Å². The van der Waals surface area contributed by atoms with E-state index in [1.165, 1.54) is 18.5 Å². The molecule has 0 amide bonds. The van der Waals surface area contributed by atoms with Crippen molar-refractivity contribution in [3.8, 4) is 5.75 Å². The summed E-state index contributed by atoms with van der Waals surface area (Å²) in [5, 5.41) is 8.86. The van der Waals surface area contributed by atoms with E-state index in [0.29, 0.717) is 12.4 Å². The molecule has 4 heteroatoms. The van der Waals surface area contributed by atoms with Crippen LogP contribution in [0, 0.1) is 0 Å². The fraction of sp³-hybridized carbons (Fsp3) is 0.455. The number of carbonyl (C=O) groups is 1. The molecule has 0 saturated carbocycles. The first-order chi connectivity index (χ1) is 7.25. The topological polar surface area (TPSA) is 59.4 Å². The highest BCUT2D eigenvalue weighted by atomic mass is 16.5. The van der Waals surface area contributed by atoms with E-state index in [1.807, 2.05) is 0 Å². The van der Waals surface area contributed by atoms with Gasteiger partial charge in [-0.15, -0.1) is 0 Å². The minimum Gasteiger partial charge on any atom is -0.491 e. The predicted octanol–water partition coefficient (Wildman–Crippen LogP) is 2.35. The number of aromatic nitrogens is 1. The van der Waals surface area contributed by atoms with Crippen molar-refractivity contribution < 1.29 is 14.6 Å². The highest BCUT2D eigenvalue weighted by Crippen LogP contribution is 2.16. The molecular weight excluding hydrogens is 194 g/mol. The van der Waals surface area contributed by atoms with Crippen molar-refractivity contribution in [2.24, 2.45) is 0 Å². The summed E-state index contributed by atoms with van der Waals surface area (Å²) in [7, 11) is 0. The van der Waals surface area contributed by atoms with Gasteiger partial charge in [-0.25, -0.2) is 4.79 Å². The maximum absolute atomic E-state index is 10.8. The number of nitrogens with zero attached hydrogens (tertiary/aromatic N) is 1. The first-order valence-corrected chi connectivity index (χ1v) is 5.05. The van der Waals surface area contributed by atoms with Crippen LogP contribution in [0.15, 0.2) is 18.5 Å². The number of hydrogen-bond donors (Lipinski definition) is 1. The second-order valence-electron chi connectivity index (χ2n) is 3.23. The molecule has 0 bridgehead atoms. The van der Waals surface area contributed by atoms with Crippen molar-refractivity contribution in [2.75, 3.05) is 6.61 Å². The number of carboxylic acids is 1. The Morgan fingerprint density at radius 3 is 3.00 bits per heavy atom. The van der Waals surface area contributed by atoms with Gasteiger partial charge in [-0.05, 0) is 12.5 Å². The van der Waals surface area contributed by atoms with E-state index in [0.717, 1.165) is 19.3 Å². The van der Waals surface area contributed by atoms with E-state index in [2.05, 4.69) is 11.9 Å². The summed E-state index contributed by atoms with van der Waals surface area (Å²) in [4.78, 5) is 14.6. The maximum atomic E-state index is 10.8. The van der Waals surface area contributed by atoms with Crippen LogP contribution in [0.2, 0.25) is 0 Å². The minimum absolute atomic E-state index is 0.168. The lowest BCUT2D eigenvalue weighted by molar-refractivity contribution is 0.0692. The number of aromatic carboxylic acids is 1. The second kappa shape index (κ2) is 6.01. The van der Waals surface area contributed by atoms with E-state index in [4.69, 9.17) is 9.84 Å². The molecule has 0 spiro atoms. The van der Waals surface area contributed by atoms with Crippen LogP contribution in [0.3, 0.4) is 0 Å². The molecule has 0 aliphatic rings. The van der Waals surface area contributed by atoms with Gasteiger partial charge in [0.15, 0.2) is 5.75 Å². The van der Waals surface area contributed by atoms with Crippen LogP contribution in [0.4, 0.5) is 0 Å². The SMILES string of the molecule is CCCCCOc1cnccc1C(=O)O. The van der Waals surface area contributed by atoms with Crippen LogP contribution < -0.4 is 4.74 Å². The van der Waals surface area contributed by atoms with Gasteiger partial charge in [0.25, 0.3) is 0 Å². The highest BCUT2D eigenvalue weighted by molar-refractivity contribution is 5.90. The van der Waals surface area contributed by atoms with Crippen molar-refractivity contribution in [2.45, 2.75) is 26.2 Å². The molecule has 1 N–H and O–H groups in total. The summed E-state index contributed by atoms with van der Waals surface area (Å²) >= 11 is 0. The van der Waals surface area contributed by atoms with Crippen LogP contribution in [0.25, 0.3) is 0 Å². The van der Waals surface area contributed by atoms with Crippen molar-refractivity contribution in [3.05, 3.63) is 24.0 Å². The molecule has 1 rings (SSSR count). The van der Waals surface area contributed by atoms with Gasteiger partial charge in [-0.3, -0.25) is 4.98 Å². The average Bonchev–Trinajstić information content (AvgIpc) is 2.25. The second-order valence-corrected chi connectivity index (χ2v) is 3.23. The first kappa shape index (κ1) is 11.5. The van der Waals surface area contributed by atoms with Gasteiger partial charge in [0.2, 0.25) is 0 Å². The number of carboxylic acid groups (broad SMARTS) is 1. The molecule has 0 saturated heterocycles. The van der Waals surface area contributed by atoms with Crippen LogP contribution in [-0.4, -0.2) is 22.7 Å². The average molecular weight is 209 g/mol. The molecule has 1 aromatic rings. The fourth-order valence-electron chi connectivity index (χ4n) is 1.21. The molecule has 4 nitrogen and oxygen atoms in total. The van der Waals surface area contributed by atoms with Gasteiger partial charge >= 0.3 is 5.97 Å². The normalized spacial score (nSPS) is 9.93. The van der Waals surface area contributed by atoms with Crippen molar-refractivity contribution in [3.63, 3.8) is 0 Å². The number of hydrogen-bond acceptors (Lipinski definition) is 3. The van der Waals surface area contributed by atoms with E-state index in [-0.39, 0.29) is 5.56 Å². The first-order valence-electron chi connectivity index (χ1n) is 5.05. The van der Waals surface area contributed by atoms with Gasteiger partial charge in [0.05, 0.1) is 12.8 Å². The summed E-state index contributed by atoms with van der Waals surface area (Å²) in [5.74, 6) is -0.635. The Morgan fingerprint density at radius 1 is 1.53 bits per heavy atom. The fourth-order valence-corrected chi connectivity index (χ4v) is 1.21. The molecule has 0 radical (unpaired) electrons. The lowest BCUT2D eigenvalue weighted by Gasteiger charge is -2.07. The molecule has 0 atom stereocenters. The lowest BCUT2D eigenvalue weighted by Crippen LogP contribution is -2.04. The molecule has 1 heterocycles. The Labute approximate surface area is 88.9 Å². The van der Waals surface area contributed by atoms with Gasteiger partial charge in [-0.1, -0.05) is 19.8 Å². The van der Waals surface area contributed by atoms with E-state index < -0.39 is 5.97 Å². The van der Waals surface area contributed by atoms with Gasteiger partial charge in [0.1, 0.15) is 5.56 Å². The summed E-state index contributed by atoms with van der Waals surface area (Å²) < 4.78 is 5.36. The van der Waals surface area contributed by atoms with E-state index in [1.54, 1.807) is 0 Å². The molecule has 0 fully saturated rings. The Morgan fingerprint density at radius 2 is 2.33 bits per heavy atom. The Balaban J connectivity index is 2.56. The number of rotatable bonds is 6. The van der Waals surface area contributed by atoms with Crippen LogP contribution in [0.1, 0.15) is 36.5 Å². The standard InChI is InChI=1S/C11H15NO3/c1-2-3-4-7-15-10-8-12-6-5-9(10)11(13)14/h5-6,8H,2-4,7H2,1H3,(H,13,14). The zero-order valence-corrected chi connectivity index (χ0v) is 8.77. The molecule has 0 unspecified atom stereocenters. The third-order valence-electron chi connectivity index (χ3n) is 2.02. The highest BCUT2D eigenvalue weighted by Gasteiger charge is 2.10. The summed E-state index contributed by atoms with van der Waals surface area (Å²) in [6.07, 6.45) is 6.02. The number of ether oxygens (including phenoxy) is 1. The quantitative estimate of drug-likeness (QED) is 0.730. The van der Waals surface area contributed by atoms with Gasteiger partial charge < -0.3 is 9.84 Å². The molecular formula is C11H15NO3. The Bertz CT molecular complexity index is 325. The third kappa shape index (κ3) is 3.58. The number of pyridine rings is 1. The van der Waals surface area contributed by atoms with Crippen molar-refractivity contribution in [1.29, 1.82) is 0 Å². The van der Waals surface area contributed by atoms with Crippen LogP contribution in [-0.2, 0) is 0 Å². The molecule has 1 aromatic heterocycles. The maximum Gasteiger partial charge on any atom is 0.339 e. The van der Waals surface area contributed by atoms with Crippen LogP contribution >= 0.6 is 0 Å². The Kier molecular flexibility index (Phi) is 4.60. The Hall–Kier alpha value is -1.58. The molecule has 0 aliphatic carbocycles. The van der Waals surface area contributed by atoms with Gasteiger partial charge in [0, 0.05) is 6.20 Å². The zero-order valence-electron chi connectivity index (χ0n) is 8.77. The monoisotopic (exact) mass is 209 g/mol. The predicted molar refractivity (Wildman–Crippen MR) is 56.2 cm³/mol. The third-order valence-corrected chi connectivity index (χ3v) is 2.02. The molecule has 0 aromatic carbocycles. The molecule has 82 valence electrons. The largest absolute Gasteiger partial charge is 0.491 e. The number of unbranched alkanes of at least 4 members (excludes halogenated alkanes) is 2. The molecule has 15 heavy (non-hydrogen) atoms. The van der Waals surface area contributed by atoms with Crippen LogP contribution in [0.5, 0.6) is 5.75 Å². The lowest BCUT2D eigenvalue weighted by atomic mass is 10.2. The van der Waals surface area contributed by atoms with Crippen molar-refractivity contribution in [1.82, 2.24) is 4.98 Å². The minimum atomic E-state index is -0.983.